The molecule has 0 amide bonds. The van der Waals surface area contributed by atoms with Crippen molar-refractivity contribution in [3.8, 4) is 5.75 Å². The van der Waals surface area contributed by atoms with Crippen molar-refractivity contribution in [2.24, 2.45) is 0 Å². The maximum absolute atomic E-state index is 6.04. The molecule has 1 aromatic rings. The Balaban J connectivity index is 2.68. The third kappa shape index (κ3) is 2.88. The monoisotopic (exact) mass is 194 g/mol. The topological polar surface area (TPSA) is 9.23 Å². The van der Waals surface area contributed by atoms with Gasteiger partial charge in [-0.3, -0.25) is 0 Å². The Bertz CT molecular complexity index is 242. The Hall–Kier alpha value is -0.763. The summed E-state index contributed by atoms with van der Waals surface area (Å²) < 4.78 is 6.04. The van der Waals surface area contributed by atoms with Crippen LogP contribution in [0, 0.1) is 0 Å². The van der Waals surface area contributed by atoms with Gasteiger partial charge in [0.1, 0.15) is 5.75 Å². The van der Waals surface area contributed by atoms with Gasteiger partial charge >= 0.3 is 0 Å². The summed E-state index contributed by atoms with van der Waals surface area (Å²) in [5.41, 5.74) is 0. The van der Waals surface area contributed by atoms with Crippen molar-refractivity contribution in [1.82, 2.24) is 0 Å². The molecule has 1 rings (SSSR count). The van der Waals surface area contributed by atoms with Crippen LogP contribution in [0.2, 0.25) is 18.6 Å². The maximum Gasteiger partial charge on any atom is 0.247 e. The van der Waals surface area contributed by atoms with Crippen LogP contribution in [0.1, 0.15) is 13.8 Å². The molecule has 72 valence electrons. The molecule has 1 aromatic carbocycles. The van der Waals surface area contributed by atoms with Crippen LogP contribution >= 0.6 is 0 Å². The zero-order valence-electron chi connectivity index (χ0n) is 8.71. The van der Waals surface area contributed by atoms with E-state index in [0.29, 0.717) is 0 Å². The Labute approximate surface area is 81.9 Å². The van der Waals surface area contributed by atoms with E-state index in [9.17, 15) is 0 Å². The minimum atomic E-state index is -1.44. The smallest absolute Gasteiger partial charge is 0.247 e. The molecule has 13 heavy (non-hydrogen) atoms. The van der Waals surface area contributed by atoms with E-state index in [1.54, 1.807) is 0 Å². The van der Waals surface area contributed by atoms with Gasteiger partial charge in [0, 0.05) is 0 Å². The quantitative estimate of drug-likeness (QED) is 0.664. The SMILES string of the molecule is CC[Si](C)(CC)Oc1ccccc1. The standard InChI is InChI=1S/C11H18OSi/c1-4-13(3,5-2)12-11-9-7-6-8-10-11/h6-10H,4-5H2,1-3H3. The lowest BCUT2D eigenvalue weighted by molar-refractivity contribution is 0.541. The highest BCUT2D eigenvalue weighted by Crippen LogP contribution is 2.20. The average Bonchev–Trinajstić information content (AvgIpc) is 2.19. The molecular formula is C11H18OSi. The first-order valence-corrected chi connectivity index (χ1v) is 7.76. The first-order valence-electron chi connectivity index (χ1n) is 4.94. The van der Waals surface area contributed by atoms with E-state index in [-0.39, 0.29) is 0 Å². The molecule has 0 N–H and O–H groups in total. The number of benzene rings is 1. The van der Waals surface area contributed by atoms with Crippen LogP contribution in [-0.4, -0.2) is 8.32 Å². The lowest BCUT2D eigenvalue weighted by atomic mass is 10.3. The van der Waals surface area contributed by atoms with Crippen molar-refractivity contribution in [2.75, 3.05) is 0 Å². The summed E-state index contributed by atoms with van der Waals surface area (Å²) in [6, 6.07) is 12.5. The highest BCUT2D eigenvalue weighted by atomic mass is 28.4. The van der Waals surface area contributed by atoms with Crippen molar-refractivity contribution >= 4 is 8.32 Å². The third-order valence-corrected chi connectivity index (χ3v) is 6.32. The zero-order chi connectivity index (χ0) is 9.73. The largest absolute Gasteiger partial charge is 0.544 e. The summed E-state index contributed by atoms with van der Waals surface area (Å²) in [6.07, 6.45) is 0. The normalized spacial score (nSPS) is 11.3. The summed E-state index contributed by atoms with van der Waals surface area (Å²) in [6.45, 7) is 6.73. The second-order valence-electron chi connectivity index (χ2n) is 3.57. The van der Waals surface area contributed by atoms with Crippen LogP contribution in [0.15, 0.2) is 30.3 Å². The molecule has 0 spiro atoms. The fourth-order valence-electron chi connectivity index (χ4n) is 1.17. The van der Waals surface area contributed by atoms with E-state index >= 15 is 0 Å². The van der Waals surface area contributed by atoms with Crippen LogP contribution < -0.4 is 4.43 Å². The molecule has 0 heterocycles. The maximum atomic E-state index is 6.04. The Kier molecular flexibility index (Phi) is 3.55. The van der Waals surface area contributed by atoms with Gasteiger partial charge in [-0.25, -0.2) is 0 Å². The molecule has 2 heteroatoms. The van der Waals surface area contributed by atoms with E-state index < -0.39 is 8.32 Å². The van der Waals surface area contributed by atoms with Gasteiger partial charge in [0.05, 0.1) is 0 Å². The fourth-order valence-corrected chi connectivity index (χ4v) is 2.66. The fraction of sp³-hybridized carbons (Fsp3) is 0.455. The Morgan fingerprint density at radius 1 is 1.08 bits per heavy atom. The first-order chi connectivity index (χ1) is 6.20. The average molecular weight is 194 g/mol. The third-order valence-electron chi connectivity index (χ3n) is 2.60. The minimum absolute atomic E-state index is 1.03. The van der Waals surface area contributed by atoms with Gasteiger partial charge in [0.15, 0.2) is 0 Å². The summed E-state index contributed by atoms with van der Waals surface area (Å²) in [5, 5.41) is 0. The second-order valence-corrected chi connectivity index (χ2v) is 8.09. The highest BCUT2D eigenvalue weighted by molar-refractivity contribution is 6.73. The van der Waals surface area contributed by atoms with Crippen LogP contribution in [0.25, 0.3) is 0 Å². The summed E-state index contributed by atoms with van der Waals surface area (Å²) in [7, 11) is -1.44. The minimum Gasteiger partial charge on any atom is -0.544 e. The van der Waals surface area contributed by atoms with Crippen LogP contribution in [0.3, 0.4) is 0 Å². The number of hydrogen-bond acceptors (Lipinski definition) is 1. The molecule has 0 atom stereocenters. The van der Waals surface area contributed by atoms with Crippen molar-refractivity contribution in [3.05, 3.63) is 30.3 Å². The van der Waals surface area contributed by atoms with Gasteiger partial charge in [-0.05, 0) is 30.8 Å². The molecule has 0 aliphatic heterocycles. The zero-order valence-corrected chi connectivity index (χ0v) is 9.71. The van der Waals surface area contributed by atoms with Crippen LogP contribution in [0.4, 0.5) is 0 Å². The number of para-hydroxylation sites is 1. The van der Waals surface area contributed by atoms with E-state index in [2.05, 4.69) is 20.4 Å². The van der Waals surface area contributed by atoms with E-state index in [0.717, 1.165) is 5.75 Å². The highest BCUT2D eigenvalue weighted by Gasteiger charge is 2.25. The molecule has 0 fully saturated rings. The molecule has 0 bridgehead atoms. The lowest BCUT2D eigenvalue weighted by Crippen LogP contribution is -2.36. The van der Waals surface area contributed by atoms with Crippen molar-refractivity contribution in [2.45, 2.75) is 32.5 Å². The number of hydrogen-bond donors (Lipinski definition) is 0. The molecule has 1 nitrogen and oxygen atoms in total. The van der Waals surface area contributed by atoms with E-state index in [4.69, 9.17) is 4.43 Å². The predicted molar refractivity (Wildman–Crippen MR) is 59.7 cm³/mol. The molecule has 0 aliphatic rings. The molecule has 0 aromatic heterocycles. The van der Waals surface area contributed by atoms with Crippen molar-refractivity contribution in [3.63, 3.8) is 0 Å². The van der Waals surface area contributed by atoms with Crippen molar-refractivity contribution < 1.29 is 4.43 Å². The first kappa shape index (κ1) is 10.3. The van der Waals surface area contributed by atoms with Gasteiger partial charge in [-0.2, -0.15) is 0 Å². The molecular weight excluding hydrogens is 176 g/mol. The molecule has 0 saturated carbocycles. The summed E-state index contributed by atoms with van der Waals surface area (Å²) in [4.78, 5) is 0. The Morgan fingerprint density at radius 2 is 1.62 bits per heavy atom. The molecule has 0 saturated heterocycles. The molecule has 0 aliphatic carbocycles. The van der Waals surface area contributed by atoms with Gasteiger partial charge in [0.2, 0.25) is 8.32 Å². The van der Waals surface area contributed by atoms with Gasteiger partial charge < -0.3 is 4.43 Å². The Morgan fingerprint density at radius 3 is 2.08 bits per heavy atom. The van der Waals surface area contributed by atoms with E-state index in [1.807, 2.05) is 30.3 Å². The number of rotatable bonds is 4. The van der Waals surface area contributed by atoms with Gasteiger partial charge in [-0.15, -0.1) is 0 Å². The van der Waals surface area contributed by atoms with E-state index in [1.165, 1.54) is 12.1 Å². The molecule has 0 radical (unpaired) electrons. The predicted octanol–water partition coefficient (Wildman–Crippen LogP) is 3.68. The van der Waals surface area contributed by atoms with Crippen LogP contribution in [-0.2, 0) is 0 Å². The van der Waals surface area contributed by atoms with Crippen molar-refractivity contribution in [1.29, 1.82) is 0 Å². The summed E-state index contributed by atoms with van der Waals surface area (Å²) >= 11 is 0. The summed E-state index contributed by atoms with van der Waals surface area (Å²) in [5.74, 6) is 1.03. The van der Waals surface area contributed by atoms with Crippen LogP contribution in [0.5, 0.6) is 5.75 Å². The second kappa shape index (κ2) is 4.47. The van der Waals surface area contributed by atoms with Gasteiger partial charge in [-0.1, -0.05) is 32.0 Å². The van der Waals surface area contributed by atoms with Gasteiger partial charge in [0.25, 0.3) is 0 Å². The molecule has 0 unspecified atom stereocenters. The lowest BCUT2D eigenvalue weighted by Gasteiger charge is -2.25.